The molecule has 0 spiro atoms. The fraction of sp³-hybridized carbons (Fsp3) is 0.938. The minimum absolute atomic E-state index is 0.156. The molecule has 0 amide bonds. The molecule has 1 atom stereocenters. The Kier molecular flexibility index (Phi) is 6.00. The van der Waals surface area contributed by atoms with Gasteiger partial charge in [-0.05, 0) is 38.8 Å². The third-order valence-corrected chi connectivity index (χ3v) is 4.61. The van der Waals surface area contributed by atoms with Crippen LogP contribution in [-0.4, -0.2) is 68.1 Å². The highest BCUT2D eigenvalue weighted by molar-refractivity contribution is 5.82. The minimum atomic E-state index is 0.156. The first-order valence-corrected chi connectivity index (χ1v) is 8.10. The van der Waals surface area contributed by atoms with E-state index in [2.05, 4.69) is 16.8 Å². The Labute approximate surface area is 123 Å². The topological polar surface area (TPSA) is 32.8 Å². The van der Waals surface area contributed by atoms with Crippen LogP contribution in [0.25, 0.3) is 0 Å². The van der Waals surface area contributed by atoms with E-state index in [1.807, 2.05) is 13.8 Å². The fourth-order valence-corrected chi connectivity index (χ4v) is 3.07. The van der Waals surface area contributed by atoms with Crippen molar-refractivity contribution in [3.05, 3.63) is 0 Å². The first-order chi connectivity index (χ1) is 9.54. The summed E-state index contributed by atoms with van der Waals surface area (Å²) in [6, 6.07) is 0. The van der Waals surface area contributed by atoms with Crippen molar-refractivity contribution in [2.24, 2.45) is 11.8 Å². The van der Waals surface area contributed by atoms with Crippen molar-refractivity contribution in [1.82, 2.24) is 9.80 Å². The molecule has 2 heterocycles. The zero-order chi connectivity index (χ0) is 14.5. The summed E-state index contributed by atoms with van der Waals surface area (Å²) < 4.78 is 6.08. The molecule has 116 valence electrons. The summed E-state index contributed by atoms with van der Waals surface area (Å²) in [5, 5.41) is 0. The van der Waals surface area contributed by atoms with E-state index in [9.17, 15) is 4.79 Å². The van der Waals surface area contributed by atoms with Crippen molar-refractivity contribution in [2.45, 2.75) is 39.2 Å². The van der Waals surface area contributed by atoms with Gasteiger partial charge in [0.15, 0.2) is 0 Å². The normalized spacial score (nSPS) is 26.5. The van der Waals surface area contributed by atoms with Gasteiger partial charge in [0.2, 0.25) is 0 Å². The molecule has 20 heavy (non-hydrogen) atoms. The number of hydrogen-bond acceptors (Lipinski definition) is 4. The highest BCUT2D eigenvalue weighted by Crippen LogP contribution is 2.19. The average Bonchev–Trinajstić information content (AvgIpc) is 2.83. The first kappa shape index (κ1) is 15.9. The molecule has 0 aromatic carbocycles. The summed E-state index contributed by atoms with van der Waals surface area (Å²) in [6.45, 7) is 9.91. The lowest BCUT2D eigenvalue weighted by Gasteiger charge is -2.32. The van der Waals surface area contributed by atoms with E-state index in [-0.39, 0.29) is 5.92 Å². The average molecular weight is 282 g/mol. The second-order valence-electron chi connectivity index (χ2n) is 6.85. The zero-order valence-electron chi connectivity index (χ0n) is 13.3. The molecule has 0 aromatic rings. The van der Waals surface area contributed by atoms with Crippen LogP contribution in [-0.2, 0) is 9.53 Å². The number of rotatable bonds is 6. The Morgan fingerprint density at radius 2 is 1.90 bits per heavy atom. The van der Waals surface area contributed by atoms with Crippen LogP contribution in [0.2, 0.25) is 0 Å². The highest BCUT2D eigenvalue weighted by atomic mass is 16.5. The number of nitrogens with zero attached hydrogens (tertiary/aromatic N) is 2. The molecule has 4 nitrogen and oxygen atoms in total. The van der Waals surface area contributed by atoms with E-state index in [1.165, 1.54) is 19.5 Å². The van der Waals surface area contributed by atoms with E-state index in [1.54, 1.807) is 0 Å². The van der Waals surface area contributed by atoms with Crippen LogP contribution in [0.3, 0.4) is 0 Å². The van der Waals surface area contributed by atoms with Crippen molar-refractivity contribution >= 4 is 5.78 Å². The number of carbonyl (C=O) groups excluding carboxylic acids is 1. The molecule has 4 heteroatoms. The van der Waals surface area contributed by atoms with Gasteiger partial charge in [0.25, 0.3) is 0 Å². The van der Waals surface area contributed by atoms with Crippen LogP contribution in [0.5, 0.6) is 0 Å². The molecule has 0 aromatic heterocycles. The largest absolute Gasteiger partial charge is 0.378 e. The van der Waals surface area contributed by atoms with Crippen LogP contribution < -0.4 is 0 Å². The lowest BCUT2D eigenvalue weighted by molar-refractivity contribution is -0.123. The maximum Gasteiger partial charge on any atom is 0.149 e. The van der Waals surface area contributed by atoms with Gasteiger partial charge in [0.05, 0.1) is 19.3 Å². The van der Waals surface area contributed by atoms with Crippen molar-refractivity contribution in [3.8, 4) is 0 Å². The van der Waals surface area contributed by atoms with Gasteiger partial charge < -0.3 is 9.64 Å². The zero-order valence-corrected chi connectivity index (χ0v) is 13.3. The standard InChI is InChI=1S/C16H30N2O2/c1-13(2)16(19)11-18-8-5-15(6-9-18)20-12-14-4-7-17(3)10-14/h13-15H,4-12H2,1-3H3. The van der Waals surface area contributed by atoms with Crippen LogP contribution in [0, 0.1) is 11.8 Å². The summed E-state index contributed by atoms with van der Waals surface area (Å²) in [5.41, 5.74) is 0. The summed E-state index contributed by atoms with van der Waals surface area (Å²) in [4.78, 5) is 16.4. The van der Waals surface area contributed by atoms with E-state index >= 15 is 0 Å². The molecular formula is C16H30N2O2. The summed E-state index contributed by atoms with van der Waals surface area (Å²) >= 11 is 0. The maximum atomic E-state index is 11.7. The number of ketones is 1. The lowest BCUT2D eigenvalue weighted by atomic mass is 10.0. The van der Waals surface area contributed by atoms with Crippen LogP contribution in [0.4, 0.5) is 0 Å². The first-order valence-electron chi connectivity index (χ1n) is 8.10. The van der Waals surface area contributed by atoms with Gasteiger partial charge in [0, 0.05) is 25.6 Å². The Morgan fingerprint density at radius 3 is 2.45 bits per heavy atom. The second-order valence-corrected chi connectivity index (χ2v) is 6.85. The maximum absolute atomic E-state index is 11.7. The third-order valence-electron chi connectivity index (χ3n) is 4.61. The van der Waals surface area contributed by atoms with Gasteiger partial charge >= 0.3 is 0 Å². The van der Waals surface area contributed by atoms with Crippen molar-refractivity contribution in [1.29, 1.82) is 0 Å². The monoisotopic (exact) mass is 282 g/mol. The van der Waals surface area contributed by atoms with Crippen molar-refractivity contribution < 1.29 is 9.53 Å². The van der Waals surface area contributed by atoms with Gasteiger partial charge in [-0.3, -0.25) is 9.69 Å². The van der Waals surface area contributed by atoms with Gasteiger partial charge in [-0.1, -0.05) is 13.8 Å². The van der Waals surface area contributed by atoms with Gasteiger partial charge in [-0.15, -0.1) is 0 Å². The number of carbonyl (C=O) groups is 1. The molecule has 0 saturated carbocycles. The summed E-state index contributed by atoms with van der Waals surface area (Å²) in [6.07, 6.45) is 3.84. The molecule has 1 unspecified atom stereocenters. The fourth-order valence-electron chi connectivity index (χ4n) is 3.07. The number of piperidine rings is 1. The van der Waals surface area contributed by atoms with E-state index in [0.717, 1.165) is 38.5 Å². The molecule has 2 aliphatic heterocycles. The van der Waals surface area contributed by atoms with Crippen molar-refractivity contribution in [3.63, 3.8) is 0 Å². The number of hydrogen-bond donors (Lipinski definition) is 0. The molecule has 2 aliphatic rings. The number of Topliss-reactive ketones (excluding diaryl/α,β-unsaturated/α-hetero) is 1. The highest BCUT2D eigenvalue weighted by Gasteiger charge is 2.24. The predicted octanol–water partition coefficient (Wildman–Crippen LogP) is 1.64. The SMILES string of the molecule is CC(C)C(=O)CN1CCC(OCC2CCN(C)C2)CC1. The molecule has 0 bridgehead atoms. The van der Waals surface area contributed by atoms with Gasteiger partial charge in [-0.2, -0.15) is 0 Å². The smallest absolute Gasteiger partial charge is 0.149 e. The Balaban J connectivity index is 1.60. The van der Waals surface area contributed by atoms with Crippen molar-refractivity contribution in [2.75, 3.05) is 46.4 Å². The molecule has 2 rings (SSSR count). The second kappa shape index (κ2) is 7.53. The molecule has 0 aliphatic carbocycles. The number of ether oxygens (including phenoxy) is 1. The molecule has 0 N–H and O–H groups in total. The van der Waals surface area contributed by atoms with Crippen LogP contribution in [0.1, 0.15) is 33.1 Å². The van der Waals surface area contributed by atoms with Crippen LogP contribution >= 0.6 is 0 Å². The molecular weight excluding hydrogens is 252 g/mol. The summed E-state index contributed by atoms with van der Waals surface area (Å²) in [7, 11) is 2.18. The van der Waals surface area contributed by atoms with E-state index < -0.39 is 0 Å². The van der Waals surface area contributed by atoms with Gasteiger partial charge in [-0.25, -0.2) is 0 Å². The quantitative estimate of drug-likeness (QED) is 0.741. The minimum Gasteiger partial charge on any atom is -0.378 e. The van der Waals surface area contributed by atoms with E-state index in [0.29, 0.717) is 18.4 Å². The molecule has 0 radical (unpaired) electrons. The van der Waals surface area contributed by atoms with E-state index in [4.69, 9.17) is 4.74 Å². The number of likely N-dealkylation sites (tertiary alicyclic amines) is 2. The molecule has 2 saturated heterocycles. The third kappa shape index (κ3) is 4.83. The Hall–Kier alpha value is -0.450. The lowest BCUT2D eigenvalue weighted by Crippen LogP contribution is -2.41. The molecule has 2 fully saturated rings. The predicted molar refractivity (Wildman–Crippen MR) is 80.9 cm³/mol. The summed E-state index contributed by atoms with van der Waals surface area (Å²) in [5.74, 6) is 1.24. The van der Waals surface area contributed by atoms with Crippen LogP contribution in [0.15, 0.2) is 0 Å². The Morgan fingerprint density at radius 1 is 1.20 bits per heavy atom. The Bertz CT molecular complexity index is 312. The van der Waals surface area contributed by atoms with Gasteiger partial charge in [0.1, 0.15) is 5.78 Å².